The number of unbranched alkanes of at least 4 members (excludes halogenated alkanes) is 4. The number of hydrogen-bond donors (Lipinski definition) is 1. The maximum atomic E-state index is 4.03. The van der Waals surface area contributed by atoms with Crippen molar-refractivity contribution in [2.45, 2.75) is 52.0 Å². The second kappa shape index (κ2) is 8.28. The second-order valence-electron chi connectivity index (χ2n) is 4.37. The van der Waals surface area contributed by atoms with Gasteiger partial charge in [-0.25, -0.2) is 0 Å². The van der Waals surface area contributed by atoms with E-state index < -0.39 is 0 Å². The molecule has 0 aliphatic heterocycles. The van der Waals surface area contributed by atoms with E-state index >= 15 is 0 Å². The van der Waals surface area contributed by atoms with E-state index in [1.54, 1.807) is 0 Å². The molecule has 2 nitrogen and oxygen atoms in total. The van der Waals surface area contributed by atoms with Crippen molar-refractivity contribution in [1.82, 2.24) is 10.3 Å². The number of aromatic nitrogens is 1. The lowest BCUT2D eigenvalue weighted by atomic mass is 10.1. The van der Waals surface area contributed by atoms with Gasteiger partial charge < -0.3 is 5.32 Å². The van der Waals surface area contributed by atoms with Crippen molar-refractivity contribution in [3.05, 3.63) is 30.1 Å². The topological polar surface area (TPSA) is 24.9 Å². The van der Waals surface area contributed by atoms with Crippen molar-refractivity contribution in [3.63, 3.8) is 0 Å². The summed E-state index contributed by atoms with van der Waals surface area (Å²) < 4.78 is 0. The molecule has 0 bridgehead atoms. The Bertz CT molecular complexity index is 259. The van der Waals surface area contributed by atoms with Gasteiger partial charge in [0.1, 0.15) is 0 Å². The van der Waals surface area contributed by atoms with E-state index in [1.807, 2.05) is 12.4 Å². The van der Waals surface area contributed by atoms with Gasteiger partial charge in [0.25, 0.3) is 0 Å². The molecule has 0 aliphatic carbocycles. The molecule has 0 radical (unpaired) electrons. The predicted octanol–water partition coefficient (Wildman–Crippen LogP) is 3.70. The average Bonchev–Trinajstić information content (AvgIpc) is 2.34. The quantitative estimate of drug-likeness (QED) is 0.676. The monoisotopic (exact) mass is 220 g/mol. The van der Waals surface area contributed by atoms with Crippen LogP contribution in [-0.4, -0.2) is 11.5 Å². The molecule has 0 aromatic carbocycles. The number of nitrogens with zero attached hydrogens (tertiary/aromatic N) is 1. The average molecular weight is 220 g/mol. The minimum absolute atomic E-state index is 0.439. The Morgan fingerprint density at radius 2 is 1.81 bits per heavy atom. The van der Waals surface area contributed by atoms with Gasteiger partial charge in [0.2, 0.25) is 0 Å². The van der Waals surface area contributed by atoms with E-state index in [0.29, 0.717) is 6.04 Å². The highest BCUT2D eigenvalue weighted by molar-refractivity contribution is 5.13. The molecule has 0 spiro atoms. The van der Waals surface area contributed by atoms with Crippen molar-refractivity contribution < 1.29 is 0 Å². The van der Waals surface area contributed by atoms with Gasteiger partial charge in [0.15, 0.2) is 0 Å². The van der Waals surface area contributed by atoms with Crippen LogP contribution in [0.4, 0.5) is 0 Å². The van der Waals surface area contributed by atoms with Crippen molar-refractivity contribution in [2.24, 2.45) is 0 Å². The van der Waals surface area contributed by atoms with Gasteiger partial charge in [-0.2, -0.15) is 0 Å². The van der Waals surface area contributed by atoms with Crippen LogP contribution in [0.2, 0.25) is 0 Å². The molecule has 1 aromatic rings. The van der Waals surface area contributed by atoms with Gasteiger partial charge in [-0.1, -0.05) is 32.6 Å². The van der Waals surface area contributed by atoms with Gasteiger partial charge >= 0.3 is 0 Å². The summed E-state index contributed by atoms with van der Waals surface area (Å²) in [5.41, 5.74) is 1.32. The Balaban J connectivity index is 2.09. The fourth-order valence-electron chi connectivity index (χ4n) is 1.82. The van der Waals surface area contributed by atoms with Crippen molar-refractivity contribution in [2.75, 3.05) is 6.54 Å². The first-order chi connectivity index (χ1) is 7.84. The molecule has 0 fully saturated rings. The molecule has 16 heavy (non-hydrogen) atoms. The van der Waals surface area contributed by atoms with E-state index in [-0.39, 0.29) is 0 Å². The molecular weight excluding hydrogens is 196 g/mol. The zero-order chi connectivity index (χ0) is 11.6. The van der Waals surface area contributed by atoms with Crippen LogP contribution < -0.4 is 5.32 Å². The number of rotatable bonds is 8. The highest BCUT2D eigenvalue weighted by Gasteiger charge is 2.02. The fraction of sp³-hybridized carbons (Fsp3) is 0.643. The Labute approximate surface area is 99.5 Å². The van der Waals surface area contributed by atoms with Crippen LogP contribution in [-0.2, 0) is 0 Å². The van der Waals surface area contributed by atoms with Gasteiger partial charge in [-0.3, -0.25) is 4.98 Å². The largest absolute Gasteiger partial charge is 0.310 e. The second-order valence-corrected chi connectivity index (χ2v) is 4.37. The first-order valence-corrected chi connectivity index (χ1v) is 6.48. The molecule has 1 atom stereocenters. The molecule has 0 unspecified atom stereocenters. The highest BCUT2D eigenvalue weighted by Crippen LogP contribution is 2.10. The summed E-state index contributed by atoms with van der Waals surface area (Å²) in [6.07, 6.45) is 10.4. The van der Waals surface area contributed by atoms with Crippen LogP contribution in [0.1, 0.15) is 57.6 Å². The summed E-state index contributed by atoms with van der Waals surface area (Å²) in [7, 11) is 0. The van der Waals surface area contributed by atoms with Crippen molar-refractivity contribution in [1.29, 1.82) is 0 Å². The first kappa shape index (κ1) is 13.2. The lowest BCUT2D eigenvalue weighted by Gasteiger charge is -2.13. The molecule has 1 N–H and O–H groups in total. The molecule has 1 rings (SSSR count). The molecule has 0 saturated carbocycles. The molecule has 90 valence electrons. The molecular formula is C14H24N2. The van der Waals surface area contributed by atoms with Gasteiger partial charge in [-0.05, 0) is 37.6 Å². The summed E-state index contributed by atoms with van der Waals surface area (Å²) in [6, 6.07) is 4.60. The molecule has 2 heteroatoms. The third-order valence-corrected chi connectivity index (χ3v) is 2.94. The normalized spacial score (nSPS) is 12.6. The SMILES string of the molecule is CCCCCCCN[C@@H](C)c1ccncc1. The summed E-state index contributed by atoms with van der Waals surface area (Å²) in [5, 5.41) is 3.55. The minimum Gasteiger partial charge on any atom is -0.310 e. The maximum absolute atomic E-state index is 4.03. The van der Waals surface area contributed by atoms with Crippen LogP contribution in [0.25, 0.3) is 0 Å². The Hall–Kier alpha value is -0.890. The van der Waals surface area contributed by atoms with E-state index in [2.05, 4.69) is 36.3 Å². The summed E-state index contributed by atoms with van der Waals surface area (Å²) in [5.74, 6) is 0. The van der Waals surface area contributed by atoms with Crippen LogP contribution in [0, 0.1) is 0 Å². The lowest BCUT2D eigenvalue weighted by molar-refractivity contribution is 0.531. The zero-order valence-corrected chi connectivity index (χ0v) is 10.6. The van der Waals surface area contributed by atoms with E-state index in [9.17, 15) is 0 Å². The van der Waals surface area contributed by atoms with Crippen molar-refractivity contribution in [3.8, 4) is 0 Å². The Kier molecular flexibility index (Phi) is 6.82. The smallest absolute Gasteiger partial charge is 0.0292 e. The van der Waals surface area contributed by atoms with Crippen LogP contribution >= 0.6 is 0 Å². The van der Waals surface area contributed by atoms with Gasteiger partial charge in [-0.15, -0.1) is 0 Å². The number of hydrogen-bond acceptors (Lipinski definition) is 2. The maximum Gasteiger partial charge on any atom is 0.0292 e. The summed E-state index contributed by atoms with van der Waals surface area (Å²) >= 11 is 0. The third-order valence-electron chi connectivity index (χ3n) is 2.94. The number of nitrogens with one attached hydrogen (secondary N) is 1. The van der Waals surface area contributed by atoms with Gasteiger partial charge in [0, 0.05) is 18.4 Å². The highest BCUT2D eigenvalue weighted by atomic mass is 14.9. The molecule has 1 heterocycles. The van der Waals surface area contributed by atoms with E-state index in [1.165, 1.54) is 37.7 Å². The molecule has 0 saturated heterocycles. The summed E-state index contributed by atoms with van der Waals surface area (Å²) in [4.78, 5) is 4.03. The first-order valence-electron chi connectivity index (χ1n) is 6.48. The molecule has 0 aliphatic rings. The third kappa shape index (κ3) is 5.26. The van der Waals surface area contributed by atoms with Crippen LogP contribution in [0.5, 0.6) is 0 Å². The van der Waals surface area contributed by atoms with Crippen molar-refractivity contribution >= 4 is 0 Å². The standard InChI is InChI=1S/C14H24N2/c1-3-4-5-6-7-10-16-13(2)14-8-11-15-12-9-14/h8-9,11-13,16H,3-7,10H2,1-2H3/t13-/m0/s1. The zero-order valence-electron chi connectivity index (χ0n) is 10.6. The minimum atomic E-state index is 0.439. The van der Waals surface area contributed by atoms with Crippen LogP contribution in [0.15, 0.2) is 24.5 Å². The van der Waals surface area contributed by atoms with Crippen LogP contribution in [0.3, 0.4) is 0 Å². The Morgan fingerprint density at radius 3 is 2.50 bits per heavy atom. The van der Waals surface area contributed by atoms with Gasteiger partial charge in [0.05, 0.1) is 0 Å². The fourth-order valence-corrected chi connectivity index (χ4v) is 1.82. The van der Waals surface area contributed by atoms with E-state index in [4.69, 9.17) is 0 Å². The molecule has 0 amide bonds. The lowest BCUT2D eigenvalue weighted by Crippen LogP contribution is -2.19. The Morgan fingerprint density at radius 1 is 1.12 bits per heavy atom. The number of pyridine rings is 1. The summed E-state index contributed by atoms with van der Waals surface area (Å²) in [6.45, 7) is 5.58. The predicted molar refractivity (Wildman–Crippen MR) is 69.4 cm³/mol. The van der Waals surface area contributed by atoms with E-state index in [0.717, 1.165) is 6.54 Å². The molecule has 1 aromatic heterocycles.